The highest BCUT2D eigenvalue weighted by atomic mass is 16.6. The molecule has 2 heterocycles. The number of nitro groups is 1. The van der Waals surface area contributed by atoms with Crippen molar-refractivity contribution in [3.05, 3.63) is 74.6 Å². The number of benzene rings is 1. The monoisotopic (exact) mass is 554 g/mol. The first-order valence-corrected chi connectivity index (χ1v) is 13.6. The number of non-ortho nitro benzene ring substituents is 1. The summed E-state index contributed by atoms with van der Waals surface area (Å²) in [5, 5.41) is 14.6. The first-order chi connectivity index (χ1) is 18.8. The van der Waals surface area contributed by atoms with E-state index in [0.29, 0.717) is 17.0 Å². The van der Waals surface area contributed by atoms with Gasteiger partial charge < -0.3 is 19.7 Å². The second kappa shape index (κ2) is 13.2. The number of carbonyl (C=O) groups excluding carboxylic acids is 2. The van der Waals surface area contributed by atoms with E-state index in [1.54, 1.807) is 26.0 Å². The average Bonchev–Trinajstić information content (AvgIpc) is 3.10. The van der Waals surface area contributed by atoms with Gasteiger partial charge in [-0.2, -0.15) is 0 Å². The summed E-state index contributed by atoms with van der Waals surface area (Å²) in [5.41, 5.74) is 2.61. The summed E-state index contributed by atoms with van der Waals surface area (Å²) < 4.78 is 10.9. The molecule has 40 heavy (non-hydrogen) atoms. The zero-order chi connectivity index (χ0) is 29.6. The Morgan fingerprint density at radius 2 is 1.73 bits per heavy atom. The molecule has 1 unspecified atom stereocenters. The molecule has 0 bridgehead atoms. The van der Waals surface area contributed by atoms with E-state index < -0.39 is 22.8 Å². The van der Waals surface area contributed by atoms with Crippen molar-refractivity contribution in [3.63, 3.8) is 0 Å². The SMILES string of the molecule is C=C(C)CN1CCCN(CC(C)(C)COC(=O)C2=C(C)NC(C)=C(C(=O)OC)C2c2cccc([N+](=O)[O-])c2)CC1. The summed E-state index contributed by atoms with van der Waals surface area (Å²) in [6.07, 6.45) is 1.06. The van der Waals surface area contributed by atoms with Gasteiger partial charge in [0, 0.05) is 55.1 Å². The average molecular weight is 555 g/mol. The first kappa shape index (κ1) is 31.0. The number of nitrogens with zero attached hydrogens (tertiary/aromatic N) is 3. The first-order valence-electron chi connectivity index (χ1n) is 13.6. The van der Waals surface area contributed by atoms with Gasteiger partial charge in [-0.1, -0.05) is 38.1 Å². The van der Waals surface area contributed by atoms with Gasteiger partial charge in [-0.15, -0.1) is 0 Å². The third-order valence-electron chi connectivity index (χ3n) is 7.22. The molecule has 1 N–H and O–H groups in total. The number of nitro benzene ring substituents is 1. The Morgan fingerprint density at radius 1 is 1.10 bits per heavy atom. The van der Waals surface area contributed by atoms with Crippen LogP contribution in [0.3, 0.4) is 0 Å². The van der Waals surface area contributed by atoms with E-state index in [-0.39, 0.29) is 28.9 Å². The molecule has 0 spiro atoms. The smallest absolute Gasteiger partial charge is 0.336 e. The molecule has 2 aliphatic heterocycles. The van der Waals surface area contributed by atoms with Crippen LogP contribution in [-0.2, 0) is 19.1 Å². The van der Waals surface area contributed by atoms with Crippen LogP contribution >= 0.6 is 0 Å². The van der Waals surface area contributed by atoms with E-state index in [1.165, 1.54) is 19.2 Å². The quantitative estimate of drug-likeness (QED) is 0.197. The molecule has 10 heteroatoms. The van der Waals surface area contributed by atoms with Crippen molar-refractivity contribution in [2.24, 2.45) is 5.41 Å². The Labute approximate surface area is 236 Å². The number of methoxy groups -OCH3 is 1. The minimum atomic E-state index is -0.880. The van der Waals surface area contributed by atoms with Gasteiger partial charge in [0.2, 0.25) is 0 Å². The maximum Gasteiger partial charge on any atom is 0.336 e. The van der Waals surface area contributed by atoms with Crippen molar-refractivity contribution in [2.45, 2.75) is 47.0 Å². The molecular weight excluding hydrogens is 512 g/mol. The number of dihydropyridines is 1. The normalized spacial score (nSPS) is 19.1. The van der Waals surface area contributed by atoms with E-state index in [1.807, 2.05) is 6.92 Å². The van der Waals surface area contributed by atoms with E-state index in [0.717, 1.165) is 51.3 Å². The molecule has 2 aliphatic rings. The van der Waals surface area contributed by atoms with Gasteiger partial charge in [0.15, 0.2) is 0 Å². The molecule has 1 saturated heterocycles. The van der Waals surface area contributed by atoms with E-state index in [9.17, 15) is 19.7 Å². The number of hydrogen-bond acceptors (Lipinski definition) is 9. The Balaban J connectivity index is 1.80. The fraction of sp³-hybridized carbons (Fsp3) is 0.533. The minimum absolute atomic E-state index is 0.135. The summed E-state index contributed by atoms with van der Waals surface area (Å²) in [7, 11) is 1.26. The lowest BCUT2D eigenvalue weighted by atomic mass is 9.80. The largest absolute Gasteiger partial charge is 0.466 e. The van der Waals surface area contributed by atoms with Crippen LogP contribution in [-0.4, -0.2) is 79.6 Å². The predicted octanol–water partition coefficient (Wildman–Crippen LogP) is 4.16. The standard InChI is InChI=1S/C30H42N4O6/c1-20(2)17-32-12-9-13-33(15-14-32)18-30(5,6)19-40-29(36)26-22(4)31-21(3)25(28(35)39-7)27(26)23-10-8-11-24(16-23)34(37)38/h8,10-11,16,27,31H,1,9,12-15,17-19H2,2-7H3. The third-order valence-corrected chi connectivity index (χ3v) is 7.22. The number of esters is 2. The molecular formula is C30H42N4O6. The van der Waals surface area contributed by atoms with Crippen LogP contribution in [0.4, 0.5) is 5.69 Å². The second-order valence-corrected chi connectivity index (χ2v) is 11.6. The zero-order valence-electron chi connectivity index (χ0n) is 24.5. The van der Waals surface area contributed by atoms with Gasteiger partial charge in [0.25, 0.3) is 5.69 Å². The number of nitrogens with one attached hydrogen (secondary N) is 1. The molecule has 1 fully saturated rings. The van der Waals surface area contributed by atoms with Gasteiger partial charge in [0.05, 0.1) is 35.7 Å². The van der Waals surface area contributed by atoms with Gasteiger partial charge in [-0.25, -0.2) is 9.59 Å². The van der Waals surface area contributed by atoms with Crippen molar-refractivity contribution >= 4 is 17.6 Å². The lowest BCUT2D eigenvalue weighted by molar-refractivity contribution is -0.384. The van der Waals surface area contributed by atoms with Gasteiger partial charge in [-0.05, 0) is 45.8 Å². The molecule has 10 nitrogen and oxygen atoms in total. The topological polar surface area (TPSA) is 114 Å². The maximum absolute atomic E-state index is 13.7. The minimum Gasteiger partial charge on any atom is -0.466 e. The summed E-state index contributed by atoms with van der Waals surface area (Å²) in [5.74, 6) is -2.08. The maximum atomic E-state index is 13.7. The van der Waals surface area contributed by atoms with Crippen molar-refractivity contribution in [1.29, 1.82) is 0 Å². The van der Waals surface area contributed by atoms with Crippen molar-refractivity contribution in [3.8, 4) is 0 Å². The van der Waals surface area contributed by atoms with E-state index in [2.05, 4.69) is 35.5 Å². The van der Waals surface area contributed by atoms with Crippen molar-refractivity contribution < 1.29 is 24.0 Å². The molecule has 218 valence electrons. The lowest BCUT2D eigenvalue weighted by Gasteiger charge is -2.33. The summed E-state index contributed by atoms with van der Waals surface area (Å²) in [6, 6.07) is 5.96. The van der Waals surface area contributed by atoms with Crippen molar-refractivity contribution in [1.82, 2.24) is 15.1 Å². The highest BCUT2D eigenvalue weighted by Crippen LogP contribution is 2.40. The van der Waals surface area contributed by atoms with Crippen LogP contribution < -0.4 is 5.32 Å². The summed E-state index contributed by atoms with van der Waals surface area (Å²) in [6.45, 7) is 19.4. The fourth-order valence-corrected chi connectivity index (χ4v) is 5.51. The number of allylic oxidation sites excluding steroid dienone is 2. The lowest BCUT2D eigenvalue weighted by Crippen LogP contribution is -2.40. The fourth-order valence-electron chi connectivity index (χ4n) is 5.51. The van der Waals surface area contributed by atoms with Crippen molar-refractivity contribution in [2.75, 3.05) is 53.0 Å². The van der Waals surface area contributed by atoms with Crippen LogP contribution in [0.25, 0.3) is 0 Å². The molecule has 1 aromatic carbocycles. The summed E-state index contributed by atoms with van der Waals surface area (Å²) in [4.78, 5) is 42.3. The van der Waals surface area contributed by atoms with Crippen LogP contribution in [0.1, 0.15) is 52.5 Å². The van der Waals surface area contributed by atoms with Gasteiger partial charge in [-0.3, -0.25) is 15.0 Å². The van der Waals surface area contributed by atoms with Crippen LogP contribution in [0, 0.1) is 15.5 Å². The predicted molar refractivity (Wildman–Crippen MR) is 153 cm³/mol. The Kier molecular flexibility index (Phi) is 10.3. The third kappa shape index (κ3) is 7.79. The number of hydrogen-bond donors (Lipinski definition) is 1. The molecule has 1 aromatic rings. The van der Waals surface area contributed by atoms with Crippen LogP contribution in [0.2, 0.25) is 0 Å². The number of ether oxygens (including phenoxy) is 2. The zero-order valence-corrected chi connectivity index (χ0v) is 24.5. The molecule has 3 rings (SSSR count). The van der Waals surface area contributed by atoms with Crippen LogP contribution in [0.15, 0.2) is 59.0 Å². The molecule has 0 amide bonds. The number of rotatable bonds is 10. The van der Waals surface area contributed by atoms with E-state index >= 15 is 0 Å². The summed E-state index contributed by atoms with van der Waals surface area (Å²) >= 11 is 0. The Bertz CT molecular complexity index is 1220. The highest BCUT2D eigenvalue weighted by Gasteiger charge is 2.39. The van der Waals surface area contributed by atoms with Gasteiger partial charge >= 0.3 is 11.9 Å². The Morgan fingerprint density at radius 3 is 2.35 bits per heavy atom. The molecule has 0 aliphatic carbocycles. The second-order valence-electron chi connectivity index (χ2n) is 11.6. The Hall–Kier alpha value is -3.50. The molecule has 0 aromatic heterocycles. The molecule has 1 atom stereocenters. The van der Waals surface area contributed by atoms with Crippen LogP contribution in [0.5, 0.6) is 0 Å². The highest BCUT2D eigenvalue weighted by molar-refractivity contribution is 5.99. The van der Waals surface area contributed by atoms with Gasteiger partial charge in [0.1, 0.15) is 0 Å². The van der Waals surface area contributed by atoms with E-state index in [4.69, 9.17) is 9.47 Å². The molecule has 0 saturated carbocycles. The molecule has 0 radical (unpaired) electrons. The number of carbonyl (C=O) groups is 2.